The number of aryl methyl sites for hydroxylation is 1. The Kier molecular flexibility index (Phi) is 3.79. The van der Waals surface area contributed by atoms with Gasteiger partial charge in [-0.3, -0.25) is 0 Å². The number of nitrogens with zero attached hydrogens (tertiary/aromatic N) is 2. The number of hydrogen-bond acceptors (Lipinski definition) is 6. The molecule has 104 valence electrons. The molecular weight excluding hydrogens is 262 g/mol. The molecule has 0 atom stereocenters. The van der Waals surface area contributed by atoms with Gasteiger partial charge in [0.15, 0.2) is 0 Å². The summed E-state index contributed by atoms with van der Waals surface area (Å²) in [5.74, 6) is -1.25. The molecule has 1 N–H and O–H groups in total. The van der Waals surface area contributed by atoms with Gasteiger partial charge in [-0.05, 0) is 13.0 Å². The van der Waals surface area contributed by atoms with E-state index in [4.69, 9.17) is 9.47 Å². The maximum absolute atomic E-state index is 12.0. The van der Waals surface area contributed by atoms with Gasteiger partial charge in [0.05, 0.1) is 31.2 Å². The van der Waals surface area contributed by atoms with Gasteiger partial charge in [0.1, 0.15) is 11.9 Å². The number of H-pyrrole nitrogens is 1. The van der Waals surface area contributed by atoms with Crippen LogP contribution in [0.15, 0.2) is 18.6 Å². The molecule has 2 aromatic rings. The van der Waals surface area contributed by atoms with Crippen LogP contribution < -0.4 is 0 Å². The molecule has 0 aliphatic heterocycles. The molecular formula is C13H13N3O4. The minimum atomic E-state index is -0.636. The van der Waals surface area contributed by atoms with Crippen molar-refractivity contribution in [2.75, 3.05) is 14.2 Å². The third-order valence-electron chi connectivity index (χ3n) is 2.80. The highest BCUT2D eigenvalue weighted by atomic mass is 16.5. The molecule has 0 saturated heterocycles. The standard InChI is InChI=1S/C13H13N3O4/c1-7-9(12(17)19-2)10(13(18)20-3)11(16-7)8-4-5-14-6-15-8/h4-6,16H,1-3H3. The van der Waals surface area contributed by atoms with Gasteiger partial charge in [-0.15, -0.1) is 0 Å². The molecule has 0 bridgehead atoms. The maximum atomic E-state index is 12.0. The van der Waals surface area contributed by atoms with E-state index in [-0.39, 0.29) is 11.1 Å². The first-order chi connectivity index (χ1) is 9.60. The quantitative estimate of drug-likeness (QED) is 0.850. The molecule has 7 heteroatoms. The van der Waals surface area contributed by atoms with Gasteiger partial charge in [-0.1, -0.05) is 0 Å². The number of hydrogen-bond donors (Lipinski definition) is 1. The van der Waals surface area contributed by atoms with Crippen LogP contribution in [0.5, 0.6) is 0 Å². The van der Waals surface area contributed by atoms with Gasteiger partial charge in [0.2, 0.25) is 0 Å². The van der Waals surface area contributed by atoms with E-state index in [2.05, 4.69) is 15.0 Å². The van der Waals surface area contributed by atoms with Crippen molar-refractivity contribution in [3.05, 3.63) is 35.4 Å². The van der Waals surface area contributed by atoms with E-state index >= 15 is 0 Å². The van der Waals surface area contributed by atoms with Gasteiger partial charge in [-0.25, -0.2) is 19.6 Å². The lowest BCUT2D eigenvalue weighted by Crippen LogP contribution is -2.11. The molecule has 0 aliphatic rings. The summed E-state index contributed by atoms with van der Waals surface area (Å²) in [5.41, 5.74) is 1.64. The summed E-state index contributed by atoms with van der Waals surface area (Å²) in [7, 11) is 2.50. The van der Waals surface area contributed by atoms with E-state index in [1.165, 1.54) is 26.7 Å². The lowest BCUT2D eigenvalue weighted by molar-refractivity contribution is 0.0556. The molecule has 0 aromatic carbocycles. The molecule has 0 amide bonds. The molecule has 2 aromatic heterocycles. The van der Waals surface area contributed by atoms with Gasteiger partial charge >= 0.3 is 11.9 Å². The first-order valence-corrected chi connectivity index (χ1v) is 5.75. The van der Waals surface area contributed by atoms with Crippen LogP contribution in [-0.2, 0) is 9.47 Å². The van der Waals surface area contributed by atoms with Gasteiger partial charge < -0.3 is 14.5 Å². The number of aromatic amines is 1. The van der Waals surface area contributed by atoms with Crippen molar-refractivity contribution in [1.82, 2.24) is 15.0 Å². The Morgan fingerprint density at radius 2 is 1.80 bits per heavy atom. The summed E-state index contributed by atoms with van der Waals surface area (Å²) < 4.78 is 9.44. The number of aromatic nitrogens is 3. The Balaban J connectivity index is 2.70. The van der Waals surface area contributed by atoms with Crippen molar-refractivity contribution < 1.29 is 19.1 Å². The Hall–Kier alpha value is -2.70. The topological polar surface area (TPSA) is 94.2 Å². The van der Waals surface area contributed by atoms with E-state index in [1.54, 1.807) is 13.0 Å². The number of esters is 2. The molecule has 20 heavy (non-hydrogen) atoms. The first kappa shape index (κ1) is 13.7. The molecule has 7 nitrogen and oxygen atoms in total. The molecule has 0 unspecified atom stereocenters. The van der Waals surface area contributed by atoms with Crippen molar-refractivity contribution in [3.8, 4) is 11.4 Å². The van der Waals surface area contributed by atoms with Crippen molar-refractivity contribution in [2.45, 2.75) is 6.92 Å². The second-order valence-corrected chi connectivity index (χ2v) is 3.95. The fourth-order valence-corrected chi connectivity index (χ4v) is 1.92. The second kappa shape index (κ2) is 5.52. The second-order valence-electron chi connectivity index (χ2n) is 3.95. The van der Waals surface area contributed by atoms with Crippen LogP contribution in [0.4, 0.5) is 0 Å². The highest BCUT2D eigenvalue weighted by Gasteiger charge is 2.28. The first-order valence-electron chi connectivity index (χ1n) is 5.75. The lowest BCUT2D eigenvalue weighted by Gasteiger charge is -2.04. The van der Waals surface area contributed by atoms with Crippen molar-refractivity contribution in [1.29, 1.82) is 0 Å². The minimum Gasteiger partial charge on any atom is -0.465 e. The van der Waals surface area contributed by atoms with Crippen LogP contribution >= 0.6 is 0 Å². The molecule has 0 fully saturated rings. The lowest BCUT2D eigenvalue weighted by atomic mass is 10.1. The van der Waals surface area contributed by atoms with E-state index < -0.39 is 11.9 Å². The number of carbonyl (C=O) groups excluding carboxylic acids is 2. The number of ether oxygens (including phenoxy) is 2. The Bertz CT molecular complexity index is 649. The van der Waals surface area contributed by atoms with Crippen LogP contribution in [0.2, 0.25) is 0 Å². The third-order valence-corrected chi connectivity index (χ3v) is 2.80. The molecule has 2 rings (SSSR count). The van der Waals surface area contributed by atoms with Gasteiger partial charge in [-0.2, -0.15) is 0 Å². The zero-order valence-electron chi connectivity index (χ0n) is 11.3. The van der Waals surface area contributed by atoms with Gasteiger partial charge in [0, 0.05) is 11.9 Å². The largest absolute Gasteiger partial charge is 0.465 e. The average molecular weight is 275 g/mol. The maximum Gasteiger partial charge on any atom is 0.341 e. The van der Waals surface area contributed by atoms with E-state index in [0.29, 0.717) is 17.1 Å². The van der Waals surface area contributed by atoms with Crippen molar-refractivity contribution >= 4 is 11.9 Å². The molecule has 0 spiro atoms. The SMILES string of the molecule is COC(=O)c1c(C)[nH]c(-c2ccncn2)c1C(=O)OC. The smallest absolute Gasteiger partial charge is 0.341 e. The van der Waals surface area contributed by atoms with Crippen molar-refractivity contribution in [2.24, 2.45) is 0 Å². The zero-order chi connectivity index (χ0) is 14.7. The summed E-state index contributed by atoms with van der Waals surface area (Å²) in [6.07, 6.45) is 2.89. The summed E-state index contributed by atoms with van der Waals surface area (Å²) in [5, 5.41) is 0. The summed E-state index contributed by atoms with van der Waals surface area (Å²) >= 11 is 0. The zero-order valence-corrected chi connectivity index (χ0v) is 11.3. The van der Waals surface area contributed by atoms with E-state index in [1.807, 2.05) is 0 Å². The van der Waals surface area contributed by atoms with Crippen LogP contribution in [0.3, 0.4) is 0 Å². The van der Waals surface area contributed by atoms with Crippen LogP contribution in [-0.4, -0.2) is 41.1 Å². The average Bonchev–Trinajstić information content (AvgIpc) is 2.84. The fraction of sp³-hybridized carbons (Fsp3) is 0.231. The third kappa shape index (κ3) is 2.25. The predicted octanol–water partition coefficient (Wildman–Crippen LogP) is 1.35. The highest BCUT2D eigenvalue weighted by molar-refractivity contribution is 6.08. The Morgan fingerprint density at radius 1 is 1.15 bits per heavy atom. The van der Waals surface area contributed by atoms with Crippen LogP contribution in [0, 0.1) is 6.92 Å². The monoisotopic (exact) mass is 275 g/mol. The predicted molar refractivity (Wildman–Crippen MR) is 69.2 cm³/mol. The Labute approximate surface area is 115 Å². The molecule has 0 radical (unpaired) electrons. The highest BCUT2D eigenvalue weighted by Crippen LogP contribution is 2.27. The number of rotatable bonds is 3. The molecule has 0 saturated carbocycles. The number of nitrogens with one attached hydrogen (secondary N) is 1. The van der Waals surface area contributed by atoms with Crippen molar-refractivity contribution in [3.63, 3.8) is 0 Å². The summed E-state index contributed by atoms with van der Waals surface area (Å²) in [6, 6.07) is 1.62. The van der Waals surface area contributed by atoms with Crippen LogP contribution in [0.25, 0.3) is 11.4 Å². The molecule has 2 heterocycles. The molecule has 0 aliphatic carbocycles. The minimum absolute atomic E-state index is 0.107. The summed E-state index contributed by atoms with van der Waals surface area (Å²) in [4.78, 5) is 34.7. The van der Waals surface area contributed by atoms with E-state index in [9.17, 15) is 9.59 Å². The normalized spacial score (nSPS) is 10.2. The van der Waals surface area contributed by atoms with Crippen LogP contribution in [0.1, 0.15) is 26.4 Å². The Morgan fingerprint density at radius 3 is 2.35 bits per heavy atom. The van der Waals surface area contributed by atoms with E-state index in [0.717, 1.165) is 0 Å². The van der Waals surface area contributed by atoms with Gasteiger partial charge in [0.25, 0.3) is 0 Å². The number of methoxy groups -OCH3 is 2. The summed E-state index contributed by atoms with van der Waals surface area (Å²) in [6.45, 7) is 1.67. The number of carbonyl (C=O) groups is 2. The fourth-order valence-electron chi connectivity index (χ4n) is 1.92.